The number of fused-ring (bicyclic) bond motifs is 2. The summed E-state index contributed by atoms with van der Waals surface area (Å²) in [5.74, 6) is 0.588. The quantitative estimate of drug-likeness (QED) is 0.294. The first-order valence-electron chi connectivity index (χ1n) is 8.68. The van der Waals surface area contributed by atoms with E-state index in [4.69, 9.17) is 0 Å². The first-order chi connectivity index (χ1) is 13.6. The van der Waals surface area contributed by atoms with Gasteiger partial charge >= 0.3 is 5.97 Å². The highest BCUT2D eigenvalue weighted by Gasteiger charge is 2.15. The average molecular weight is 394 g/mol. The number of hydrogen-bond donors (Lipinski definition) is 0. The summed E-state index contributed by atoms with van der Waals surface area (Å²) >= 11 is 1.28. The Morgan fingerprint density at radius 3 is 2.25 bits per heavy atom. The molecule has 0 spiro atoms. The van der Waals surface area contributed by atoms with Gasteiger partial charge in [0.05, 0.1) is 30.4 Å². The van der Waals surface area contributed by atoms with Crippen LogP contribution < -0.4 is 5.43 Å². The third-order valence-corrected chi connectivity index (χ3v) is 5.64. The van der Waals surface area contributed by atoms with Gasteiger partial charge in [0.15, 0.2) is 16.4 Å². The van der Waals surface area contributed by atoms with Crippen molar-refractivity contribution in [3.63, 3.8) is 0 Å². The molecule has 0 unspecified atom stereocenters. The molecule has 0 saturated carbocycles. The Kier molecular flexibility index (Phi) is 4.87. The van der Waals surface area contributed by atoms with Crippen molar-refractivity contribution in [2.75, 3.05) is 12.9 Å². The first-order valence-corrected chi connectivity index (χ1v) is 9.67. The zero-order valence-corrected chi connectivity index (χ0v) is 16.3. The van der Waals surface area contributed by atoms with Crippen molar-refractivity contribution in [2.45, 2.75) is 11.7 Å². The fraction of sp³-hybridized carbons (Fsp3) is 0.200. The minimum Gasteiger partial charge on any atom is -0.468 e. The number of pyridine rings is 1. The van der Waals surface area contributed by atoms with Crippen LogP contribution in [0.25, 0.3) is 21.8 Å². The lowest BCUT2D eigenvalue weighted by molar-refractivity contribution is -0.137. The van der Waals surface area contributed by atoms with Gasteiger partial charge in [-0.15, -0.1) is 10.2 Å². The molecule has 0 N–H and O–H groups in total. The van der Waals surface area contributed by atoms with Gasteiger partial charge in [0.25, 0.3) is 0 Å². The van der Waals surface area contributed by atoms with Gasteiger partial charge in [-0.25, -0.2) is 0 Å². The van der Waals surface area contributed by atoms with Gasteiger partial charge in [0.2, 0.25) is 0 Å². The van der Waals surface area contributed by atoms with E-state index in [0.717, 1.165) is 16.9 Å². The number of methoxy groups -OCH3 is 1. The molecule has 28 heavy (non-hydrogen) atoms. The van der Waals surface area contributed by atoms with Gasteiger partial charge in [-0.05, 0) is 24.3 Å². The molecule has 0 aliphatic heterocycles. The van der Waals surface area contributed by atoms with E-state index in [1.165, 1.54) is 18.9 Å². The minimum absolute atomic E-state index is 0.0229. The summed E-state index contributed by atoms with van der Waals surface area (Å²) in [6, 6.07) is 15.1. The molecule has 0 amide bonds. The van der Waals surface area contributed by atoms with Crippen molar-refractivity contribution < 1.29 is 9.53 Å². The van der Waals surface area contributed by atoms with Crippen LogP contribution >= 0.6 is 11.8 Å². The molecule has 7 nitrogen and oxygen atoms in total. The van der Waals surface area contributed by atoms with Crippen molar-refractivity contribution in [3.05, 3.63) is 64.6 Å². The van der Waals surface area contributed by atoms with Gasteiger partial charge < -0.3 is 13.9 Å². The molecule has 2 aromatic heterocycles. The molecule has 0 saturated heterocycles. The molecule has 142 valence electrons. The van der Waals surface area contributed by atoms with Crippen LogP contribution in [0.3, 0.4) is 0 Å². The molecule has 4 aromatic rings. The van der Waals surface area contributed by atoms with Crippen LogP contribution in [0.4, 0.5) is 0 Å². The average Bonchev–Trinajstić information content (AvgIpc) is 3.08. The van der Waals surface area contributed by atoms with E-state index in [0.29, 0.717) is 22.5 Å². The number of nitrogens with zero attached hydrogens (tertiary/aromatic N) is 4. The number of carbonyl (C=O) groups is 1. The normalized spacial score (nSPS) is 11.2. The van der Waals surface area contributed by atoms with Gasteiger partial charge in [-0.1, -0.05) is 36.0 Å². The predicted molar refractivity (Wildman–Crippen MR) is 109 cm³/mol. The second-order valence-corrected chi connectivity index (χ2v) is 7.21. The van der Waals surface area contributed by atoms with Crippen molar-refractivity contribution >= 4 is 39.5 Å². The van der Waals surface area contributed by atoms with Crippen LogP contribution in [0.15, 0.2) is 58.5 Å². The number of aromatic nitrogens is 4. The number of thioether (sulfide) groups is 1. The van der Waals surface area contributed by atoms with Crippen LogP contribution in [0.1, 0.15) is 5.82 Å². The maximum absolute atomic E-state index is 12.8. The molecule has 0 atom stereocenters. The molecular weight excluding hydrogens is 376 g/mol. The van der Waals surface area contributed by atoms with Crippen LogP contribution in [-0.4, -0.2) is 38.2 Å². The third kappa shape index (κ3) is 3.16. The van der Waals surface area contributed by atoms with E-state index < -0.39 is 0 Å². The lowest BCUT2D eigenvalue weighted by atomic mass is 10.1. The fourth-order valence-corrected chi connectivity index (χ4v) is 3.94. The lowest BCUT2D eigenvalue weighted by Crippen LogP contribution is -2.14. The zero-order valence-electron chi connectivity index (χ0n) is 15.5. The smallest absolute Gasteiger partial charge is 0.316 e. The van der Waals surface area contributed by atoms with Crippen molar-refractivity contribution in [3.8, 4) is 0 Å². The largest absolute Gasteiger partial charge is 0.468 e. The third-order valence-electron chi connectivity index (χ3n) is 4.65. The predicted octanol–water partition coefficient (Wildman–Crippen LogP) is 2.60. The van der Waals surface area contributed by atoms with Gasteiger partial charge in [-0.2, -0.15) is 0 Å². The van der Waals surface area contributed by atoms with E-state index in [2.05, 4.69) is 19.5 Å². The number of benzene rings is 2. The molecule has 8 heteroatoms. The van der Waals surface area contributed by atoms with Crippen LogP contribution in [0, 0.1) is 0 Å². The summed E-state index contributed by atoms with van der Waals surface area (Å²) in [7, 11) is 3.22. The minimum atomic E-state index is -0.313. The lowest BCUT2D eigenvalue weighted by Gasteiger charge is -2.14. The first kappa shape index (κ1) is 18.2. The highest BCUT2D eigenvalue weighted by Crippen LogP contribution is 2.22. The summed E-state index contributed by atoms with van der Waals surface area (Å²) in [5, 5.41) is 10.5. The molecular formula is C20H18N4O3S. The Morgan fingerprint density at radius 2 is 1.64 bits per heavy atom. The van der Waals surface area contributed by atoms with Crippen molar-refractivity contribution in [1.29, 1.82) is 0 Å². The maximum Gasteiger partial charge on any atom is 0.316 e. The van der Waals surface area contributed by atoms with E-state index in [9.17, 15) is 9.59 Å². The Hall–Kier alpha value is -3.13. The second-order valence-electron chi connectivity index (χ2n) is 6.27. The second kappa shape index (κ2) is 7.47. The molecule has 4 rings (SSSR count). The SMILES string of the molecule is COC(=O)CSc1nnc(Cn2c3ccccc3c(=O)c3ccccc32)n1C. The monoisotopic (exact) mass is 394 g/mol. The molecule has 0 aliphatic rings. The summed E-state index contributed by atoms with van der Waals surface area (Å²) in [6.07, 6.45) is 0. The number of esters is 1. The van der Waals surface area contributed by atoms with E-state index >= 15 is 0 Å². The topological polar surface area (TPSA) is 79.0 Å². The summed E-state index contributed by atoms with van der Waals surface area (Å²) in [6.45, 7) is 0.448. The van der Waals surface area contributed by atoms with Gasteiger partial charge in [0.1, 0.15) is 0 Å². The Balaban J connectivity index is 1.80. The molecule has 0 aliphatic carbocycles. The van der Waals surface area contributed by atoms with Crippen molar-refractivity contribution in [1.82, 2.24) is 19.3 Å². The number of ether oxygens (including phenoxy) is 1. The number of para-hydroxylation sites is 2. The van der Waals surface area contributed by atoms with E-state index in [1.807, 2.05) is 60.1 Å². The summed E-state index contributed by atoms with van der Waals surface area (Å²) in [5.41, 5.74) is 1.71. The van der Waals surface area contributed by atoms with Gasteiger partial charge in [0, 0.05) is 17.8 Å². The van der Waals surface area contributed by atoms with Crippen LogP contribution in [0.2, 0.25) is 0 Å². The summed E-state index contributed by atoms with van der Waals surface area (Å²) < 4.78 is 8.60. The van der Waals surface area contributed by atoms with Gasteiger partial charge in [-0.3, -0.25) is 9.59 Å². The molecule has 0 radical (unpaired) electrons. The number of rotatable bonds is 5. The van der Waals surface area contributed by atoms with E-state index in [1.54, 1.807) is 0 Å². The molecule has 0 bridgehead atoms. The maximum atomic E-state index is 12.8. The Bertz CT molecular complexity index is 1190. The number of hydrogen-bond acceptors (Lipinski definition) is 6. The van der Waals surface area contributed by atoms with Crippen molar-refractivity contribution in [2.24, 2.45) is 7.05 Å². The highest BCUT2D eigenvalue weighted by molar-refractivity contribution is 7.99. The Labute approximate surface area is 164 Å². The Morgan fingerprint density at radius 1 is 1.04 bits per heavy atom. The molecule has 2 heterocycles. The van der Waals surface area contributed by atoms with E-state index in [-0.39, 0.29) is 17.2 Å². The zero-order chi connectivity index (χ0) is 19.7. The summed E-state index contributed by atoms with van der Waals surface area (Å²) in [4.78, 5) is 24.2. The molecule has 0 fully saturated rings. The fourth-order valence-electron chi connectivity index (χ4n) is 3.18. The highest BCUT2D eigenvalue weighted by atomic mass is 32.2. The van der Waals surface area contributed by atoms with Crippen LogP contribution in [-0.2, 0) is 23.1 Å². The standard InChI is InChI=1S/C20H18N4O3S/c1-23-17(21-22-20(23)28-12-18(25)27-2)11-24-15-9-5-3-7-13(15)19(26)14-8-4-6-10-16(14)24/h3-10H,11-12H2,1-2H3. The molecule has 2 aromatic carbocycles. The number of carbonyl (C=O) groups excluding carboxylic acids is 1. The van der Waals surface area contributed by atoms with Crippen LogP contribution in [0.5, 0.6) is 0 Å².